The molecule has 0 bridgehead atoms. The quantitative estimate of drug-likeness (QED) is 0.756. The molecule has 1 saturated carbocycles. The van der Waals surface area contributed by atoms with Gasteiger partial charge in [-0.1, -0.05) is 34.6 Å². The van der Waals surface area contributed by atoms with Crippen LogP contribution < -0.4 is 10.6 Å². The van der Waals surface area contributed by atoms with Crippen molar-refractivity contribution >= 4 is 6.09 Å². The SMILES string of the molecule is CCC(CC)(CNC1CC(C)(C)CC1C)NC(=O)OC(C)(C)C. The molecule has 2 N–H and O–H groups in total. The summed E-state index contributed by atoms with van der Waals surface area (Å²) in [5.74, 6) is 0.679. The van der Waals surface area contributed by atoms with Gasteiger partial charge in [-0.15, -0.1) is 0 Å². The number of amides is 1. The van der Waals surface area contributed by atoms with Gasteiger partial charge in [0.1, 0.15) is 5.60 Å². The van der Waals surface area contributed by atoms with Crippen molar-refractivity contribution in [3.63, 3.8) is 0 Å². The van der Waals surface area contributed by atoms with Gasteiger partial charge in [-0.2, -0.15) is 0 Å². The molecule has 1 aliphatic rings. The van der Waals surface area contributed by atoms with Gasteiger partial charge in [-0.05, 0) is 57.8 Å². The van der Waals surface area contributed by atoms with E-state index < -0.39 is 5.60 Å². The molecule has 23 heavy (non-hydrogen) atoms. The predicted molar refractivity (Wildman–Crippen MR) is 96.7 cm³/mol. The Morgan fingerprint density at radius 1 is 1.17 bits per heavy atom. The summed E-state index contributed by atoms with van der Waals surface area (Å²) in [4.78, 5) is 12.2. The van der Waals surface area contributed by atoms with E-state index in [1.165, 1.54) is 12.8 Å². The Bertz CT molecular complexity index is 395. The third-order valence-corrected chi connectivity index (χ3v) is 5.16. The van der Waals surface area contributed by atoms with Crippen LogP contribution in [0.3, 0.4) is 0 Å². The van der Waals surface area contributed by atoms with Gasteiger partial charge in [-0.3, -0.25) is 0 Å². The van der Waals surface area contributed by atoms with Crippen LogP contribution in [0, 0.1) is 11.3 Å². The zero-order chi connectivity index (χ0) is 17.9. The van der Waals surface area contributed by atoms with Crippen LogP contribution in [0.5, 0.6) is 0 Å². The van der Waals surface area contributed by atoms with E-state index >= 15 is 0 Å². The fourth-order valence-electron chi connectivity index (χ4n) is 3.73. The lowest BCUT2D eigenvalue weighted by molar-refractivity contribution is 0.0443. The molecule has 0 spiro atoms. The zero-order valence-electron chi connectivity index (χ0n) is 16.5. The van der Waals surface area contributed by atoms with Crippen LogP contribution in [0.15, 0.2) is 0 Å². The summed E-state index contributed by atoms with van der Waals surface area (Å²) >= 11 is 0. The minimum atomic E-state index is -0.464. The number of rotatable bonds is 6. The van der Waals surface area contributed by atoms with Crippen LogP contribution in [0.1, 0.15) is 81.1 Å². The Balaban J connectivity index is 2.65. The molecule has 0 radical (unpaired) electrons. The number of carbonyl (C=O) groups is 1. The zero-order valence-corrected chi connectivity index (χ0v) is 16.5. The van der Waals surface area contributed by atoms with Crippen LogP contribution in [-0.2, 0) is 4.74 Å². The van der Waals surface area contributed by atoms with Crippen molar-refractivity contribution < 1.29 is 9.53 Å². The number of hydrogen-bond acceptors (Lipinski definition) is 3. The summed E-state index contributed by atoms with van der Waals surface area (Å²) < 4.78 is 5.45. The normalized spacial score (nSPS) is 24.5. The van der Waals surface area contributed by atoms with Gasteiger partial charge in [0.2, 0.25) is 0 Å². The Hall–Kier alpha value is -0.770. The summed E-state index contributed by atoms with van der Waals surface area (Å²) in [6.07, 6.45) is 3.92. The average molecular weight is 327 g/mol. The van der Waals surface area contributed by atoms with E-state index in [0.717, 1.165) is 19.4 Å². The van der Waals surface area contributed by atoms with E-state index in [4.69, 9.17) is 4.74 Å². The molecule has 4 heteroatoms. The standard InChI is InChI=1S/C19H38N2O2/c1-9-19(10-2,21-16(22)23-17(4,5)6)13-20-15-12-18(7,8)11-14(15)3/h14-15,20H,9-13H2,1-8H3,(H,21,22). The fourth-order valence-corrected chi connectivity index (χ4v) is 3.73. The highest BCUT2D eigenvalue weighted by Crippen LogP contribution is 2.41. The average Bonchev–Trinajstić information content (AvgIpc) is 2.65. The molecular formula is C19H38N2O2. The van der Waals surface area contributed by atoms with Crippen LogP contribution in [0.2, 0.25) is 0 Å². The van der Waals surface area contributed by atoms with Crippen molar-refractivity contribution in [2.45, 2.75) is 98.3 Å². The first kappa shape index (κ1) is 20.3. The van der Waals surface area contributed by atoms with E-state index in [2.05, 4.69) is 45.3 Å². The van der Waals surface area contributed by atoms with Gasteiger partial charge in [0.05, 0.1) is 5.54 Å². The molecule has 0 aromatic heterocycles. The lowest BCUT2D eigenvalue weighted by atomic mass is 9.90. The molecule has 4 nitrogen and oxygen atoms in total. The largest absolute Gasteiger partial charge is 0.444 e. The molecule has 1 rings (SSSR count). The van der Waals surface area contributed by atoms with Crippen molar-refractivity contribution in [1.82, 2.24) is 10.6 Å². The summed E-state index contributed by atoms with van der Waals surface area (Å²) in [6, 6.07) is 0.530. The lowest BCUT2D eigenvalue weighted by Crippen LogP contribution is -2.56. The number of nitrogens with one attached hydrogen (secondary N) is 2. The van der Waals surface area contributed by atoms with Gasteiger partial charge < -0.3 is 15.4 Å². The van der Waals surface area contributed by atoms with E-state index in [1.54, 1.807) is 0 Å². The molecule has 1 fully saturated rings. The maximum atomic E-state index is 12.2. The topological polar surface area (TPSA) is 50.4 Å². The molecule has 2 atom stereocenters. The highest BCUT2D eigenvalue weighted by atomic mass is 16.6. The maximum Gasteiger partial charge on any atom is 0.408 e. The van der Waals surface area contributed by atoms with Gasteiger partial charge >= 0.3 is 6.09 Å². The van der Waals surface area contributed by atoms with E-state index in [1.807, 2.05) is 20.8 Å². The van der Waals surface area contributed by atoms with Gasteiger partial charge in [0.25, 0.3) is 0 Å². The molecule has 1 aliphatic carbocycles. The Kier molecular flexibility index (Phi) is 6.54. The van der Waals surface area contributed by atoms with Crippen molar-refractivity contribution in [1.29, 1.82) is 0 Å². The molecule has 1 amide bonds. The monoisotopic (exact) mass is 326 g/mol. The van der Waals surface area contributed by atoms with Crippen molar-refractivity contribution in [3.8, 4) is 0 Å². The highest BCUT2D eigenvalue weighted by Gasteiger charge is 2.38. The van der Waals surface area contributed by atoms with Crippen molar-refractivity contribution in [3.05, 3.63) is 0 Å². The van der Waals surface area contributed by atoms with E-state index in [9.17, 15) is 4.79 Å². The first-order valence-corrected chi connectivity index (χ1v) is 9.16. The Morgan fingerprint density at radius 2 is 1.74 bits per heavy atom. The van der Waals surface area contributed by atoms with E-state index in [0.29, 0.717) is 17.4 Å². The maximum absolute atomic E-state index is 12.2. The molecule has 136 valence electrons. The minimum Gasteiger partial charge on any atom is -0.444 e. The molecule has 0 heterocycles. The van der Waals surface area contributed by atoms with Gasteiger partial charge in [0, 0.05) is 12.6 Å². The van der Waals surface area contributed by atoms with Crippen molar-refractivity contribution in [2.24, 2.45) is 11.3 Å². The smallest absolute Gasteiger partial charge is 0.408 e. The van der Waals surface area contributed by atoms with Crippen LogP contribution in [0.4, 0.5) is 4.79 Å². The second kappa shape index (κ2) is 7.42. The summed E-state index contributed by atoms with van der Waals surface area (Å²) in [5.41, 5.74) is -0.291. The lowest BCUT2D eigenvalue weighted by Gasteiger charge is -2.35. The number of hydrogen-bond donors (Lipinski definition) is 2. The molecular weight excluding hydrogens is 288 g/mol. The summed E-state index contributed by atoms with van der Waals surface area (Å²) in [5, 5.41) is 6.85. The molecule has 0 aliphatic heterocycles. The Labute approximate surface area is 143 Å². The third-order valence-electron chi connectivity index (χ3n) is 5.16. The second-order valence-electron chi connectivity index (χ2n) is 9.15. The fraction of sp³-hybridized carbons (Fsp3) is 0.947. The first-order valence-electron chi connectivity index (χ1n) is 9.16. The van der Waals surface area contributed by atoms with Gasteiger partial charge in [0.15, 0.2) is 0 Å². The van der Waals surface area contributed by atoms with Crippen LogP contribution >= 0.6 is 0 Å². The van der Waals surface area contributed by atoms with Crippen LogP contribution in [-0.4, -0.2) is 29.8 Å². The minimum absolute atomic E-state index is 0.241. The van der Waals surface area contributed by atoms with E-state index in [-0.39, 0.29) is 11.6 Å². The first-order chi connectivity index (χ1) is 10.4. The highest BCUT2D eigenvalue weighted by molar-refractivity contribution is 5.68. The third kappa shape index (κ3) is 6.33. The predicted octanol–water partition coefficient (Wildman–Crippen LogP) is 4.48. The molecule has 2 unspecified atom stereocenters. The summed E-state index contributed by atoms with van der Waals surface area (Å²) in [6.45, 7) is 17.8. The number of ether oxygens (including phenoxy) is 1. The summed E-state index contributed by atoms with van der Waals surface area (Å²) in [7, 11) is 0. The molecule has 0 saturated heterocycles. The Morgan fingerprint density at radius 3 is 2.13 bits per heavy atom. The second-order valence-corrected chi connectivity index (χ2v) is 9.15. The molecule has 0 aromatic carbocycles. The number of carbonyl (C=O) groups excluding carboxylic acids is 1. The number of alkyl carbamates (subject to hydrolysis) is 1. The van der Waals surface area contributed by atoms with Gasteiger partial charge in [-0.25, -0.2) is 4.79 Å². The molecule has 0 aromatic rings. The van der Waals surface area contributed by atoms with Crippen LogP contribution in [0.25, 0.3) is 0 Å². The van der Waals surface area contributed by atoms with Crippen molar-refractivity contribution in [2.75, 3.05) is 6.54 Å².